The van der Waals surface area contributed by atoms with E-state index in [9.17, 15) is 14.7 Å². The van der Waals surface area contributed by atoms with Crippen molar-refractivity contribution in [2.75, 3.05) is 13.1 Å². The van der Waals surface area contributed by atoms with Gasteiger partial charge in [-0.25, -0.2) is 0 Å². The van der Waals surface area contributed by atoms with Gasteiger partial charge in [0, 0.05) is 31.2 Å². The van der Waals surface area contributed by atoms with Crippen LogP contribution in [0.3, 0.4) is 0 Å². The van der Waals surface area contributed by atoms with Crippen molar-refractivity contribution < 1.29 is 14.7 Å². The van der Waals surface area contributed by atoms with Crippen LogP contribution in [0.4, 0.5) is 0 Å². The van der Waals surface area contributed by atoms with Gasteiger partial charge >= 0.3 is 0 Å². The molecule has 6 nitrogen and oxygen atoms in total. The van der Waals surface area contributed by atoms with Crippen molar-refractivity contribution in [3.8, 4) is 0 Å². The summed E-state index contributed by atoms with van der Waals surface area (Å²) in [5, 5.41) is 14.8. The van der Waals surface area contributed by atoms with Crippen molar-refractivity contribution >= 4 is 11.8 Å². The number of hydrogen-bond acceptors (Lipinski definition) is 4. The summed E-state index contributed by atoms with van der Waals surface area (Å²) < 4.78 is 0. The Kier molecular flexibility index (Phi) is 7.13. The highest BCUT2D eigenvalue weighted by Crippen LogP contribution is 2.55. The van der Waals surface area contributed by atoms with Crippen LogP contribution in [0.2, 0.25) is 0 Å². The molecule has 6 heteroatoms. The van der Waals surface area contributed by atoms with Gasteiger partial charge in [-0.3, -0.25) is 14.6 Å². The molecule has 0 unspecified atom stereocenters. The molecule has 2 amide bonds. The molecule has 2 heterocycles. The topological polar surface area (TPSA) is 82.5 Å². The largest absolute Gasteiger partial charge is 0.392 e. The van der Waals surface area contributed by atoms with Crippen molar-refractivity contribution in [1.29, 1.82) is 0 Å². The molecule has 0 spiro atoms. The SMILES string of the molecule is CC1CCN(C(=O)[C@@H](C)[C@H]2CC[C@@]3(C)CC[C@H](NC(=O)c4ccccn4)[C@@H](C)[C@@H]3[C@H]2O)CC1. The number of nitrogens with one attached hydrogen (secondary N) is 1. The molecule has 2 saturated carbocycles. The molecule has 33 heavy (non-hydrogen) atoms. The molecule has 2 N–H and O–H groups in total. The quantitative estimate of drug-likeness (QED) is 0.721. The maximum Gasteiger partial charge on any atom is 0.270 e. The first-order chi connectivity index (χ1) is 15.7. The Bertz CT molecular complexity index is 838. The Hall–Kier alpha value is -1.95. The Morgan fingerprint density at radius 2 is 1.85 bits per heavy atom. The summed E-state index contributed by atoms with van der Waals surface area (Å²) in [5.41, 5.74) is 0.473. The standard InChI is InChI=1S/C27H41N3O3/c1-17-10-15-30(16-11-17)26(33)18(2)20-8-12-27(4)13-9-21(19(3)23(27)24(20)31)29-25(32)22-7-5-6-14-28-22/h5-7,14,17-21,23-24,31H,8-13,15-16H2,1-4H3,(H,29,32)/t18-,19+,20+,21-,23+,24-,27-/m0/s1. The zero-order chi connectivity index (χ0) is 23.8. The molecule has 182 valence electrons. The van der Waals surface area contributed by atoms with Gasteiger partial charge < -0.3 is 15.3 Å². The van der Waals surface area contributed by atoms with E-state index in [2.05, 4.69) is 31.1 Å². The summed E-state index contributed by atoms with van der Waals surface area (Å²) in [6.45, 7) is 10.4. The van der Waals surface area contributed by atoms with Gasteiger partial charge in [0.15, 0.2) is 0 Å². The van der Waals surface area contributed by atoms with Gasteiger partial charge in [-0.05, 0) is 79.7 Å². The normalized spacial score (nSPS) is 36.0. The fourth-order valence-corrected chi connectivity index (χ4v) is 6.94. The average molecular weight is 456 g/mol. The van der Waals surface area contributed by atoms with Crippen LogP contribution in [0, 0.1) is 35.0 Å². The van der Waals surface area contributed by atoms with E-state index in [-0.39, 0.29) is 46.9 Å². The monoisotopic (exact) mass is 455 g/mol. The van der Waals surface area contributed by atoms with Crippen molar-refractivity contribution in [1.82, 2.24) is 15.2 Å². The van der Waals surface area contributed by atoms with E-state index in [0.29, 0.717) is 11.6 Å². The second-order valence-corrected chi connectivity index (χ2v) is 11.4. The van der Waals surface area contributed by atoms with Gasteiger partial charge in [0.2, 0.25) is 5.91 Å². The van der Waals surface area contributed by atoms with Gasteiger partial charge in [0.1, 0.15) is 5.69 Å². The molecule has 1 aromatic heterocycles. The number of likely N-dealkylation sites (tertiary alicyclic amines) is 1. The van der Waals surface area contributed by atoms with E-state index in [1.54, 1.807) is 18.3 Å². The highest BCUT2D eigenvalue weighted by molar-refractivity contribution is 5.92. The van der Waals surface area contributed by atoms with Gasteiger partial charge in [0.05, 0.1) is 6.10 Å². The highest BCUT2D eigenvalue weighted by atomic mass is 16.3. The number of aliphatic hydroxyl groups is 1. The van der Waals surface area contributed by atoms with Gasteiger partial charge in [-0.1, -0.05) is 33.8 Å². The molecule has 0 bridgehead atoms. The zero-order valence-corrected chi connectivity index (χ0v) is 20.7. The van der Waals surface area contributed by atoms with Crippen LogP contribution in [-0.2, 0) is 4.79 Å². The van der Waals surface area contributed by atoms with Crippen molar-refractivity contribution in [3.05, 3.63) is 30.1 Å². The maximum absolute atomic E-state index is 13.3. The first kappa shape index (κ1) is 24.2. The minimum absolute atomic E-state index is 0.000529. The smallest absolute Gasteiger partial charge is 0.270 e. The van der Waals surface area contributed by atoms with Crippen molar-refractivity contribution in [2.45, 2.75) is 78.4 Å². The van der Waals surface area contributed by atoms with Crippen LogP contribution < -0.4 is 5.32 Å². The van der Waals surface area contributed by atoms with Crippen LogP contribution in [-0.4, -0.2) is 52.0 Å². The van der Waals surface area contributed by atoms with Gasteiger partial charge in [-0.2, -0.15) is 0 Å². The van der Waals surface area contributed by atoms with E-state index < -0.39 is 6.10 Å². The fourth-order valence-electron chi connectivity index (χ4n) is 6.94. The number of fused-ring (bicyclic) bond motifs is 1. The number of hydrogen-bond donors (Lipinski definition) is 2. The minimum atomic E-state index is -0.532. The molecule has 1 aromatic rings. The van der Waals surface area contributed by atoms with E-state index in [4.69, 9.17) is 0 Å². The molecule has 1 saturated heterocycles. The molecule has 0 aromatic carbocycles. The second kappa shape index (κ2) is 9.73. The number of rotatable bonds is 4. The fraction of sp³-hybridized carbons (Fsp3) is 0.741. The molecule has 0 radical (unpaired) electrons. The maximum atomic E-state index is 13.3. The minimum Gasteiger partial charge on any atom is -0.392 e. The molecule has 7 atom stereocenters. The molecular formula is C27H41N3O3. The zero-order valence-electron chi connectivity index (χ0n) is 20.7. The number of piperidine rings is 1. The highest BCUT2D eigenvalue weighted by Gasteiger charge is 2.54. The molecule has 2 aliphatic carbocycles. The lowest BCUT2D eigenvalue weighted by Crippen LogP contribution is -2.58. The molecule has 3 aliphatic rings. The third-order valence-electron chi connectivity index (χ3n) is 9.23. The van der Waals surface area contributed by atoms with Crippen molar-refractivity contribution in [2.24, 2.45) is 35.0 Å². The molecule has 1 aliphatic heterocycles. The first-order valence-corrected chi connectivity index (χ1v) is 12.9. The van der Waals surface area contributed by atoms with Crippen LogP contribution >= 0.6 is 0 Å². The van der Waals surface area contributed by atoms with E-state index >= 15 is 0 Å². The van der Waals surface area contributed by atoms with Gasteiger partial charge in [0.25, 0.3) is 5.91 Å². The summed E-state index contributed by atoms with van der Waals surface area (Å²) in [6, 6.07) is 5.35. The number of aliphatic hydroxyl groups excluding tert-OH is 1. The van der Waals surface area contributed by atoms with E-state index in [1.165, 1.54) is 0 Å². The molecular weight excluding hydrogens is 414 g/mol. The lowest BCUT2D eigenvalue weighted by molar-refractivity contribution is -0.151. The number of pyridine rings is 1. The Morgan fingerprint density at radius 3 is 2.52 bits per heavy atom. The molecule has 4 rings (SSSR count). The summed E-state index contributed by atoms with van der Waals surface area (Å²) in [7, 11) is 0. The van der Waals surface area contributed by atoms with Gasteiger partial charge in [-0.15, -0.1) is 0 Å². The Balaban J connectivity index is 1.45. The number of carbonyl (C=O) groups is 2. The summed E-state index contributed by atoms with van der Waals surface area (Å²) in [6.07, 6.45) is 7.05. The van der Waals surface area contributed by atoms with Crippen LogP contribution in [0.25, 0.3) is 0 Å². The predicted octanol–water partition coefficient (Wildman–Crippen LogP) is 3.90. The van der Waals surface area contributed by atoms with Crippen LogP contribution in [0.1, 0.15) is 76.7 Å². The van der Waals surface area contributed by atoms with Crippen LogP contribution in [0.15, 0.2) is 24.4 Å². The summed E-state index contributed by atoms with van der Waals surface area (Å²) in [4.78, 5) is 32.2. The summed E-state index contributed by atoms with van der Waals surface area (Å²) >= 11 is 0. The number of amides is 2. The molecule has 3 fully saturated rings. The Morgan fingerprint density at radius 1 is 1.15 bits per heavy atom. The van der Waals surface area contributed by atoms with E-state index in [0.717, 1.165) is 51.6 Å². The third-order valence-corrected chi connectivity index (χ3v) is 9.23. The number of carbonyl (C=O) groups excluding carboxylic acids is 2. The number of nitrogens with zero attached hydrogens (tertiary/aromatic N) is 2. The van der Waals surface area contributed by atoms with Crippen LogP contribution in [0.5, 0.6) is 0 Å². The summed E-state index contributed by atoms with van der Waals surface area (Å²) in [5.74, 6) is 0.740. The Labute approximate surface area is 198 Å². The lowest BCUT2D eigenvalue weighted by atomic mass is 9.51. The average Bonchev–Trinajstić information content (AvgIpc) is 2.81. The van der Waals surface area contributed by atoms with Crippen molar-refractivity contribution in [3.63, 3.8) is 0 Å². The predicted molar refractivity (Wildman–Crippen MR) is 128 cm³/mol. The lowest BCUT2D eigenvalue weighted by Gasteiger charge is -2.56. The number of aromatic nitrogens is 1. The second-order valence-electron chi connectivity index (χ2n) is 11.4. The third kappa shape index (κ3) is 4.82. The first-order valence-electron chi connectivity index (χ1n) is 12.9. The van der Waals surface area contributed by atoms with E-state index in [1.807, 2.05) is 17.9 Å².